The zero-order chi connectivity index (χ0) is 35.4. The summed E-state index contributed by atoms with van der Waals surface area (Å²) >= 11 is 0. The highest BCUT2D eigenvalue weighted by molar-refractivity contribution is 5.99. The third-order valence-corrected chi connectivity index (χ3v) is 9.93. The van der Waals surface area contributed by atoms with Crippen LogP contribution >= 0.6 is 0 Å². The summed E-state index contributed by atoms with van der Waals surface area (Å²) in [6.45, 7) is 6.51. The molecule has 0 saturated carbocycles. The molecule has 0 atom stereocenters. The average Bonchev–Trinajstić information content (AvgIpc) is 3.20. The first-order valence-corrected chi connectivity index (χ1v) is 17.8. The second kappa shape index (κ2) is 14.3. The van der Waals surface area contributed by atoms with Crippen LogP contribution in [-0.4, -0.2) is 7.05 Å². The number of likely N-dealkylation sites (N-methyl/N-ethyl adjacent to an activating group) is 1. The first-order chi connectivity index (χ1) is 25.5. The average molecular weight is 669 g/mol. The summed E-state index contributed by atoms with van der Waals surface area (Å²) in [5.41, 5.74) is 10.00. The lowest BCUT2D eigenvalue weighted by molar-refractivity contribution is 1.15. The molecule has 0 spiro atoms. The van der Waals surface area contributed by atoms with E-state index in [-0.39, 0.29) is 0 Å². The predicted molar refractivity (Wildman–Crippen MR) is 226 cm³/mol. The molecule has 0 unspecified atom stereocenters. The Bertz CT molecular complexity index is 2610. The number of benzene rings is 8. The standard InChI is InChI=1S/C50H40N2/c1-4-37(22-21-36(2)51(3)48-29-26-45-31-41-16-10-11-17-42(41)32-46(45)35-48)40-23-27-47(28-24-40)52(50-30-25-39-15-8-9-18-43(39)34-50)49-20-12-19-44(33-49)38-13-6-5-7-14-38/h4-35H,2H2,1,3H3/b22-21-,37-4+. The topological polar surface area (TPSA) is 6.48 Å². The van der Waals surface area contributed by atoms with E-state index in [9.17, 15) is 0 Å². The van der Waals surface area contributed by atoms with Gasteiger partial charge < -0.3 is 9.80 Å². The van der Waals surface area contributed by atoms with Crippen molar-refractivity contribution in [1.29, 1.82) is 0 Å². The van der Waals surface area contributed by atoms with Crippen molar-refractivity contribution in [2.24, 2.45) is 0 Å². The summed E-state index contributed by atoms with van der Waals surface area (Å²) < 4.78 is 0. The Balaban J connectivity index is 1.07. The van der Waals surface area contributed by atoms with Crippen LogP contribution in [0.4, 0.5) is 22.7 Å². The van der Waals surface area contributed by atoms with Crippen LogP contribution < -0.4 is 9.80 Å². The Kier molecular flexibility index (Phi) is 8.96. The van der Waals surface area contributed by atoms with E-state index in [0.717, 1.165) is 39.6 Å². The number of fused-ring (bicyclic) bond motifs is 3. The van der Waals surface area contributed by atoms with Crippen LogP contribution in [0, 0.1) is 0 Å². The van der Waals surface area contributed by atoms with Gasteiger partial charge >= 0.3 is 0 Å². The van der Waals surface area contributed by atoms with Crippen molar-refractivity contribution < 1.29 is 0 Å². The Morgan fingerprint density at radius 2 is 0.981 bits per heavy atom. The van der Waals surface area contributed by atoms with E-state index in [2.05, 4.69) is 225 Å². The Labute approximate surface area is 306 Å². The summed E-state index contributed by atoms with van der Waals surface area (Å²) in [6.07, 6.45) is 6.42. The van der Waals surface area contributed by atoms with Crippen LogP contribution in [-0.2, 0) is 0 Å². The van der Waals surface area contributed by atoms with Gasteiger partial charge in [0.15, 0.2) is 0 Å². The molecule has 0 amide bonds. The normalized spacial score (nSPS) is 11.8. The van der Waals surface area contributed by atoms with Crippen molar-refractivity contribution in [3.63, 3.8) is 0 Å². The van der Waals surface area contributed by atoms with Crippen molar-refractivity contribution in [3.05, 3.63) is 212 Å². The minimum atomic E-state index is 0.914. The molecule has 0 heterocycles. The largest absolute Gasteiger partial charge is 0.345 e. The van der Waals surface area contributed by atoms with E-state index in [1.54, 1.807) is 0 Å². The number of rotatable bonds is 9. The molecule has 0 saturated heterocycles. The van der Waals surface area contributed by atoms with E-state index in [4.69, 9.17) is 0 Å². The van der Waals surface area contributed by atoms with Gasteiger partial charge in [-0.3, -0.25) is 0 Å². The molecule has 0 aliphatic rings. The maximum Gasteiger partial charge on any atom is 0.0468 e. The van der Waals surface area contributed by atoms with Crippen molar-refractivity contribution >= 4 is 60.6 Å². The van der Waals surface area contributed by atoms with Crippen molar-refractivity contribution in [1.82, 2.24) is 0 Å². The van der Waals surface area contributed by atoms with E-state index in [1.807, 2.05) is 0 Å². The van der Waals surface area contributed by atoms with Crippen LogP contribution in [0.5, 0.6) is 0 Å². The molecule has 8 aromatic rings. The van der Waals surface area contributed by atoms with E-state index in [1.165, 1.54) is 43.4 Å². The maximum absolute atomic E-state index is 4.42. The fourth-order valence-corrected chi connectivity index (χ4v) is 6.98. The molecular formula is C50H40N2. The number of allylic oxidation sites excluding steroid dienone is 4. The maximum atomic E-state index is 4.42. The third-order valence-electron chi connectivity index (χ3n) is 9.93. The van der Waals surface area contributed by atoms with Gasteiger partial charge in [0.2, 0.25) is 0 Å². The van der Waals surface area contributed by atoms with Crippen LogP contribution in [0.2, 0.25) is 0 Å². The van der Waals surface area contributed by atoms with Gasteiger partial charge in [0.05, 0.1) is 0 Å². The number of nitrogens with zero attached hydrogens (tertiary/aromatic N) is 2. The molecular weight excluding hydrogens is 629 g/mol. The molecule has 250 valence electrons. The summed E-state index contributed by atoms with van der Waals surface area (Å²) in [4.78, 5) is 4.49. The van der Waals surface area contributed by atoms with Crippen molar-refractivity contribution in [3.8, 4) is 11.1 Å². The minimum absolute atomic E-state index is 0.914. The zero-order valence-corrected chi connectivity index (χ0v) is 29.6. The van der Waals surface area contributed by atoms with Gasteiger partial charge in [-0.25, -0.2) is 0 Å². The Hall–Kier alpha value is -6.64. The van der Waals surface area contributed by atoms with Crippen LogP contribution in [0.15, 0.2) is 206 Å². The highest BCUT2D eigenvalue weighted by Gasteiger charge is 2.15. The zero-order valence-electron chi connectivity index (χ0n) is 29.6. The smallest absolute Gasteiger partial charge is 0.0468 e. The van der Waals surface area contributed by atoms with Gasteiger partial charge in [0.1, 0.15) is 0 Å². The molecule has 52 heavy (non-hydrogen) atoms. The molecule has 0 aliphatic heterocycles. The molecule has 2 nitrogen and oxygen atoms in total. The van der Waals surface area contributed by atoms with Crippen molar-refractivity contribution in [2.75, 3.05) is 16.8 Å². The van der Waals surface area contributed by atoms with Crippen LogP contribution in [0.25, 0.3) is 49.0 Å². The van der Waals surface area contributed by atoms with Gasteiger partial charge in [-0.1, -0.05) is 134 Å². The van der Waals surface area contributed by atoms with E-state index < -0.39 is 0 Å². The monoisotopic (exact) mass is 668 g/mol. The quantitative estimate of drug-likeness (QED) is 0.112. The summed E-state index contributed by atoms with van der Waals surface area (Å²) in [5.74, 6) is 0. The highest BCUT2D eigenvalue weighted by atomic mass is 15.1. The Morgan fingerprint density at radius 1 is 0.442 bits per heavy atom. The second-order valence-corrected chi connectivity index (χ2v) is 13.2. The lowest BCUT2D eigenvalue weighted by atomic mass is 10.0. The highest BCUT2D eigenvalue weighted by Crippen LogP contribution is 2.38. The molecule has 2 heteroatoms. The fourth-order valence-electron chi connectivity index (χ4n) is 6.98. The lowest BCUT2D eigenvalue weighted by Crippen LogP contribution is -2.13. The third kappa shape index (κ3) is 6.63. The molecule has 0 bridgehead atoms. The summed E-state index contributed by atoms with van der Waals surface area (Å²) in [5, 5.41) is 7.40. The first-order valence-electron chi connectivity index (χ1n) is 17.8. The van der Waals surface area contributed by atoms with Crippen molar-refractivity contribution in [2.45, 2.75) is 6.92 Å². The number of anilines is 4. The number of hydrogen-bond donors (Lipinski definition) is 0. The second-order valence-electron chi connectivity index (χ2n) is 13.2. The number of hydrogen-bond acceptors (Lipinski definition) is 2. The molecule has 8 aromatic carbocycles. The molecule has 0 aliphatic carbocycles. The van der Waals surface area contributed by atoms with Gasteiger partial charge in [0.25, 0.3) is 0 Å². The molecule has 0 radical (unpaired) electrons. The molecule has 0 fully saturated rings. The molecule has 8 rings (SSSR count). The van der Waals surface area contributed by atoms with Crippen LogP contribution in [0.1, 0.15) is 12.5 Å². The van der Waals surface area contributed by atoms with Gasteiger partial charge in [-0.15, -0.1) is 0 Å². The van der Waals surface area contributed by atoms with E-state index in [0.29, 0.717) is 0 Å². The molecule has 0 N–H and O–H groups in total. The Morgan fingerprint density at radius 3 is 1.71 bits per heavy atom. The first kappa shape index (κ1) is 32.6. The van der Waals surface area contributed by atoms with Gasteiger partial charge in [0, 0.05) is 35.5 Å². The lowest BCUT2D eigenvalue weighted by Gasteiger charge is -2.26. The fraction of sp³-hybridized carbons (Fsp3) is 0.0400. The summed E-state index contributed by atoms with van der Waals surface area (Å²) in [7, 11) is 2.08. The predicted octanol–water partition coefficient (Wildman–Crippen LogP) is 13.9. The van der Waals surface area contributed by atoms with Gasteiger partial charge in [-0.2, -0.15) is 0 Å². The summed E-state index contributed by atoms with van der Waals surface area (Å²) in [6, 6.07) is 63.1. The molecule has 0 aromatic heterocycles. The minimum Gasteiger partial charge on any atom is -0.345 e. The SMILES string of the molecule is C=C(/C=C\C(=C/C)c1ccc(N(c2cccc(-c3ccccc3)c2)c2ccc3ccccc3c2)cc1)N(C)c1ccc2cc3ccccc3cc2c1. The van der Waals surface area contributed by atoms with Gasteiger partial charge in [-0.05, 0) is 128 Å². The van der Waals surface area contributed by atoms with Crippen LogP contribution in [0.3, 0.4) is 0 Å². The van der Waals surface area contributed by atoms with E-state index >= 15 is 0 Å².